The van der Waals surface area contributed by atoms with Crippen molar-refractivity contribution in [3.05, 3.63) is 29.6 Å². The van der Waals surface area contributed by atoms with E-state index in [2.05, 4.69) is 10.1 Å². The lowest BCUT2D eigenvalue weighted by Gasteiger charge is -2.17. The topological polar surface area (TPSA) is 21.3 Å². The molecule has 0 bridgehead atoms. The van der Waals surface area contributed by atoms with Crippen molar-refractivity contribution >= 4 is 0 Å². The fourth-order valence-electron chi connectivity index (χ4n) is 1.25. The van der Waals surface area contributed by atoms with E-state index in [0.29, 0.717) is 0 Å². The molecule has 0 saturated carbocycles. The molecule has 0 heterocycles. The lowest BCUT2D eigenvalue weighted by atomic mass is 10.2. The first-order chi connectivity index (χ1) is 8.36. The van der Waals surface area contributed by atoms with Crippen LogP contribution in [0.15, 0.2) is 18.2 Å². The van der Waals surface area contributed by atoms with E-state index in [9.17, 15) is 22.0 Å². The summed E-state index contributed by atoms with van der Waals surface area (Å²) in [4.78, 5) is 0. The van der Waals surface area contributed by atoms with E-state index >= 15 is 0 Å². The Bertz CT molecular complexity index is 397. The Balaban J connectivity index is 2.78. The van der Waals surface area contributed by atoms with Crippen LogP contribution in [0.3, 0.4) is 0 Å². The highest BCUT2D eigenvalue weighted by molar-refractivity contribution is 5.34. The summed E-state index contributed by atoms with van der Waals surface area (Å²) < 4.78 is 66.7. The summed E-state index contributed by atoms with van der Waals surface area (Å²) in [6.07, 6.45) is -3.80. The number of hydrogen-bond acceptors (Lipinski definition) is 2. The van der Waals surface area contributed by atoms with Gasteiger partial charge in [-0.25, -0.2) is 13.2 Å². The lowest BCUT2D eigenvalue weighted by molar-refractivity contribution is -0.148. The maximum Gasteiger partial charge on any atom is 0.340 e. The second-order valence-corrected chi connectivity index (χ2v) is 3.63. The van der Waals surface area contributed by atoms with Crippen LogP contribution in [0.4, 0.5) is 22.0 Å². The van der Waals surface area contributed by atoms with Gasteiger partial charge >= 0.3 is 12.3 Å². The predicted octanol–water partition coefficient (Wildman–Crippen LogP) is 2.82. The molecule has 0 aliphatic rings. The third-order valence-electron chi connectivity index (χ3n) is 2.13. The second kappa shape index (κ2) is 5.99. The fraction of sp³-hybridized carbons (Fsp3) is 0.455. The van der Waals surface area contributed by atoms with Crippen LogP contribution in [0.1, 0.15) is 5.56 Å². The molecule has 1 N–H and O–H groups in total. The number of nitrogens with one attached hydrogen (secondary N) is 1. The van der Waals surface area contributed by atoms with Crippen LogP contribution in [0.5, 0.6) is 5.75 Å². The molecule has 1 aromatic carbocycles. The molecule has 102 valence electrons. The Kier molecular flexibility index (Phi) is 4.89. The van der Waals surface area contributed by atoms with Gasteiger partial charge in [0.2, 0.25) is 0 Å². The van der Waals surface area contributed by atoms with Crippen LogP contribution in [-0.2, 0) is 6.54 Å². The average molecular weight is 269 g/mol. The molecule has 0 saturated heterocycles. The van der Waals surface area contributed by atoms with E-state index in [1.54, 1.807) is 7.05 Å². The highest BCUT2D eigenvalue weighted by Crippen LogP contribution is 2.26. The number of hydrogen-bond donors (Lipinski definition) is 1. The van der Waals surface area contributed by atoms with Gasteiger partial charge in [0.05, 0.1) is 0 Å². The van der Waals surface area contributed by atoms with Gasteiger partial charge in [0.15, 0.2) is 6.61 Å². The van der Waals surface area contributed by atoms with Gasteiger partial charge in [-0.15, -0.1) is 0 Å². The van der Waals surface area contributed by atoms with Crippen molar-refractivity contribution < 1.29 is 26.7 Å². The van der Waals surface area contributed by atoms with E-state index in [1.807, 2.05) is 0 Å². The molecule has 1 aromatic rings. The van der Waals surface area contributed by atoms with Gasteiger partial charge in [-0.1, -0.05) is 0 Å². The highest BCUT2D eigenvalue weighted by Gasteiger charge is 2.41. The SMILES string of the molecule is CNCc1cc(F)ccc1OCC(F)(F)C(F)F. The number of alkyl halides is 4. The molecule has 0 aromatic heterocycles. The molecule has 2 nitrogen and oxygen atoms in total. The van der Waals surface area contributed by atoms with Crippen molar-refractivity contribution in [2.75, 3.05) is 13.7 Å². The standard InChI is InChI=1S/C11H12F5NO/c1-17-5-7-4-8(12)2-3-9(7)18-6-11(15,16)10(13)14/h2-4,10,17H,5-6H2,1H3. The predicted molar refractivity (Wildman–Crippen MR) is 55.6 cm³/mol. The van der Waals surface area contributed by atoms with Crippen LogP contribution in [0.2, 0.25) is 0 Å². The first-order valence-corrected chi connectivity index (χ1v) is 5.08. The molecular weight excluding hydrogens is 257 g/mol. The minimum absolute atomic E-state index is 0.0499. The molecule has 0 spiro atoms. The van der Waals surface area contributed by atoms with Crippen LogP contribution in [0.25, 0.3) is 0 Å². The highest BCUT2D eigenvalue weighted by atomic mass is 19.3. The summed E-state index contributed by atoms with van der Waals surface area (Å²) in [6.45, 7) is -1.28. The maximum absolute atomic E-state index is 12.9. The minimum atomic E-state index is -4.23. The lowest BCUT2D eigenvalue weighted by Crippen LogP contribution is -2.34. The van der Waals surface area contributed by atoms with Crippen LogP contribution in [-0.4, -0.2) is 26.0 Å². The molecule has 0 radical (unpaired) electrons. The molecule has 0 unspecified atom stereocenters. The van der Waals surface area contributed by atoms with Crippen molar-refractivity contribution in [2.24, 2.45) is 0 Å². The van der Waals surface area contributed by atoms with Crippen molar-refractivity contribution in [1.82, 2.24) is 5.32 Å². The minimum Gasteiger partial charge on any atom is -0.487 e. The number of rotatable bonds is 6. The summed E-state index contributed by atoms with van der Waals surface area (Å²) in [5.41, 5.74) is 0.280. The van der Waals surface area contributed by atoms with Gasteiger partial charge in [0.1, 0.15) is 11.6 Å². The Labute approximate surface area is 101 Å². The van der Waals surface area contributed by atoms with E-state index in [-0.39, 0.29) is 17.9 Å². The fourth-order valence-corrected chi connectivity index (χ4v) is 1.25. The normalized spacial score (nSPS) is 11.9. The van der Waals surface area contributed by atoms with Crippen LogP contribution in [0, 0.1) is 5.82 Å². The second-order valence-electron chi connectivity index (χ2n) is 3.63. The smallest absolute Gasteiger partial charge is 0.340 e. The van der Waals surface area contributed by atoms with E-state index in [0.717, 1.165) is 18.2 Å². The molecule has 0 atom stereocenters. The summed E-state index contributed by atoms with van der Waals surface area (Å²) in [5, 5.41) is 2.69. The monoisotopic (exact) mass is 269 g/mol. The molecule has 0 fully saturated rings. The van der Waals surface area contributed by atoms with Crippen LogP contribution < -0.4 is 10.1 Å². The Morgan fingerprint density at radius 1 is 1.33 bits per heavy atom. The zero-order chi connectivity index (χ0) is 13.8. The molecule has 0 aliphatic carbocycles. The van der Waals surface area contributed by atoms with Crippen molar-refractivity contribution in [3.8, 4) is 5.75 Å². The number of ether oxygens (including phenoxy) is 1. The van der Waals surface area contributed by atoms with Gasteiger partial charge in [0.25, 0.3) is 0 Å². The third kappa shape index (κ3) is 3.83. The Morgan fingerprint density at radius 3 is 2.56 bits per heavy atom. The summed E-state index contributed by atoms with van der Waals surface area (Å²) >= 11 is 0. The van der Waals surface area contributed by atoms with Gasteiger partial charge < -0.3 is 10.1 Å². The third-order valence-corrected chi connectivity index (χ3v) is 2.13. The van der Waals surface area contributed by atoms with Gasteiger partial charge in [0, 0.05) is 12.1 Å². The quantitative estimate of drug-likeness (QED) is 0.802. The zero-order valence-electron chi connectivity index (χ0n) is 9.52. The van der Waals surface area contributed by atoms with Crippen molar-refractivity contribution in [2.45, 2.75) is 18.9 Å². The number of halogens is 5. The van der Waals surface area contributed by atoms with E-state index in [1.165, 1.54) is 0 Å². The molecule has 18 heavy (non-hydrogen) atoms. The first-order valence-electron chi connectivity index (χ1n) is 5.08. The van der Waals surface area contributed by atoms with Crippen molar-refractivity contribution in [3.63, 3.8) is 0 Å². The van der Waals surface area contributed by atoms with Crippen LogP contribution >= 0.6 is 0 Å². The van der Waals surface area contributed by atoms with E-state index in [4.69, 9.17) is 0 Å². The first kappa shape index (κ1) is 14.7. The average Bonchev–Trinajstić information content (AvgIpc) is 2.28. The summed E-state index contributed by atoms with van der Waals surface area (Å²) in [6, 6.07) is 3.23. The summed E-state index contributed by atoms with van der Waals surface area (Å²) in [7, 11) is 1.57. The van der Waals surface area contributed by atoms with Gasteiger partial charge in [-0.2, -0.15) is 8.78 Å². The number of benzene rings is 1. The Hall–Kier alpha value is -1.37. The van der Waals surface area contributed by atoms with Gasteiger partial charge in [-0.05, 0) is 25.2 Å². The Morgan fingerprint density at radius 2 is 2.00 bits per heavy atom. The molecule has 0 aliphatic heterocycles. The molecule has 1 rings (SSSR count). The molecule has 0 amide bonds. The van der Waals surface area contributed by atoms with Gasteiger partial charge in [-0.3, -0.25) is 0 Å². The van der Waals surface area contributed by atoms with E-state index < -0.39 is 24.8 Å². The largest absolute Gasteiger partial charge is 0.487 e. The maximum atomic E-state index is 12.9. The van der Waals surface area contributed by atoms with Crippen molar-refractivity contribution in [1.29, 1.82) is 0 Å². The molecule has 7 heteroatoms. The summed E-state index contributed by atoms with van der Waals surface area (Å²) in [5.74, 6) is -4.84. The zero-order valence-corrected chi connectivity index (χ0v) is 9.52. The molecular formula is C11H12F5NO.